The van der Waals surface area contributed by atoms with Crippen LogP contribution in [0.25, 0.3) is 28.2 Å². The number of aromatic nitrogens is 1. The van der Waals surface area contributed by atoms with E-state index in [2.05, 4.69) is 10.3 Å². The molecule has 8 heteroatoms. The molecular weight excluding hydrogens is 456 g/mol. The zero-order valence-corrected chi connectivity index (χ0v) is 19.2. The van der Waals surface area contributed by atoms with Gasteiger partial charge in [-0.25, -0.2) is 0 Å². The maximum Gasteiger partial charge on any atom is 0.263 e. The summed E-state index contributed by atoms with van der Waals surface area (Å²) in [6.07, 6.45) is 5.19. The molecule has 0 radical (unpaired) electrons. The molecule has 0 atom stereocenters. The Morgan fingerprint density at radius 2 is 1.97 bits per heavy atom. The van der Waals surface area contributed by atoms with Crippen molar-refractivity contribution in [2.24, 2.45) is 0 Å². The van der Waals surface area contributed by atoms with E-state index in [0.717, 1.165) is 33.6 Å². The van der Waals surface area contributed by atoms with Gasteiger partial charge in [0.05, 0.1) is 12.0 Å². The third-order valence-electron chi connectivity index (χ3n) is 5.07. The van der Waals surface area contributed by atoms with Crippen LogP contribution in [0.5, 0.6) is 11.5 Å². The molecule has 0 aliphatic carbocycles. The topological polar surface area (TPSA) is 73.6 Å². The van der Waals surface area contributed by atoms with Gasteiger partial charge in [0, 0.05) is 29.4 Å². The fourth-order valence-corrected chi connectivity index (χ4v) is 4.48. The first-order valence-corrected chi connectivity index (χ1v) is 11.3. The molecule has 1 fully saturated rings. The molecular formula is C25H18N2O4S2. The molecule has 1 N–H and O–H groups in total. The number of amides is 1. The molecule has 1 aliphatic rings. The standard InChI is InChI=1S/C25H18N2O4S2/c1-29-18-7-5-15(6-8-18)14-30-19-4-2-3-16(9-19)21-13-26-12-17-10-20(31-23(17)21)11-22-24(28)27-25(32)33-22/h2-13H,14H2,1H3,(H,27,28,32). The number of carbonyl (C=O) groups is 1. The Hall–Kier alpha value is -3.62. The summed E-state index contributed by atoms with van der Waals surface area (Å²) < 4.78 is 17.7. The fourth-order valence-electron chi connectivity index (χ4n) is 3.45. The van der Waals surface area contributed by atoms with E-state index in [1.165, 1.54) is 11.8 Å². The van der Waals surface area contributed by atoms with Crippen molar-refractivity contribution in [3.05, 3.63) is 83.2 Å². The number of hydrogen-bond acceptors (Lipinski definition) is 7. The SMILES string of the molecule is COc1ccc(COc2cccc(-c3cncc4cc(C=C5SC(=S)NC5=O)oc34)c2)cc1. The van der Waals surface area contributed by atoms with Crippen molar-refractivity contribution in [1.29, 1.82) is 0 Å². The molecule has 0 spiro atoms. The van der Waals surface area contributed by atoms with Crippen LogP contribution >= 0.6 is 24.0 Å². The van der Waals surface area contributed by atoms with Gasteiger partial charge in [0.15, 0.2) is 0 Å². The largest absolute Gasteiger partial charge is 0.497 e. The number of ether oxygens (including phenoxy) is 2. The lowest BCUT2D eigenvalue weighted by atomic mass is 10.1. The van der Waals surface area contributed by atoms with Crippen LogP contribution < -0.4 is 14.8 Å². The van der Waals surface area contributed by atoms with Gasteiger partial charge in [0.1, 0.15) is 33.8 Å². The molecule has 2 aromatic carbocycles. The molecule has 1 saturated heterocycles. The van der Waals surface area contributed by atoms with Crippen LogP contribution in [0.15, 0.2) is 76.3 Å². The van der Waals surface area contributed by atoms with Crippen LogP contribution in [0.4, 0.5) is 0 Å². The molecule has 1 amide bonds. The van der Waals surface area contributed by atoms with Gasteiger partial charge in [-0.3, -0.25) is 9.78 Å². The summed E-state index contributed by atoms with van der Waals surface area (Å²) >= 11 is 6.27. The lowest BCUT2D eigenvalue weighted by Gasteiger charge is -2.09. The predicted octanol–water partition coefficient (Wildman–Crippen LogP) is 5.57. The fraction of sp³-hybridized carbons (Fsp3) is 0.0800. The van der Waals surface area contributed by atoms with Gasteiger partial charge in [-0.2, -0.15) is 0 Å². The molecule has 0 bridgehead atoms. The summed E-state index contributed by atoms with van der Waals surface area (Å²) in [6.45, 7) is 0.440. The normalized spacial score (nSPS) is 14.6. The number of nitrogens with zero attached hydrogens (tertiary/aromatic N) is 1. The monoisotopic (exact) mass is 474 g/mol. The highest BCUT2D eigenvalue weighted by atomic mass is 32.2. The summed E-state index contributed by atoms with van der Waals surface area (Å²) in [5, 5.41) is 3.45. The summed E-state index contributed by atoms with van der Waals surface area (Å²) in [6, 6.07) is 17.4. The number of methoxy groups -OCH3 is 1. The number of fused-ring (bicyclic) bond motifs is 1. The number of pyridine rings is 1. The lowest BCUT2D eigenvalue weighted by molar-refractivity contribution is -0.115. The van der Waals surface area contributed by atoms with Gasteiger partial charge in [-0.05, 0) is 41.5 Å². The van der Waals surface area contributed by atoms with Gasteiger partial charge in [-0.1, -0.05) is 48.2 Å². The molecule has 1 aliphatic heterocycles. The van der Waals surface area contributed by atoms with Crippen molar-refractivity contribution in [3.8, 4) is 22.6 Å². The smallest absolute Gasteiger partial charge is 0.263 e. The summed E-state index contributed by atoms with van der Waals surface area (Å²) in [5.74, 6) is 1.89. The van der Waals surface area contributed by atoms with Crippen molar-refractivity contribution >= 4 is 51.3 Å². The first-order chi connectivity index (χ1) is 16.1. The molecule has 164 valence electrons. The molecule has 0 saturated carbocycles. The van der Waals surface area contributed by atoms with E-state index in [1.54, 1.807) is 25.6 Å². The Morgan fingerprint density at radius 3 is 2.73 bits per heavy atom. The Kier molecular flexibility index (Phi) is 5.85. The first kappa shape index (κ1) is 21.2. The number of furan rings is 1. The minimum atomic E-state index is -0.217. The van der Waals surface area contributed by atoms with Gasteiger partial charge in [0.2, 0.25) is 0 Å². The first-order valence-electron chi connectivity index (χ1n) is 10.1. The van der Waals surface area contributed by atoms with Crippen LogP contribution in [0.3, 0.4) is 0 Å². The predicted molar refractivity (Wildman–Crippen MR) is 133 cm³/mol. The second-order valence-corrected chi connectivity index (χ2v) is 8.99. The molecule has 3 heterocycles. The van der Waals surface area contributed by atoms with Crippen molar-refractivity contribution in [3.63, 3.8) is 0 Å². The third-order valence-corrected chi connectivity index (χ3v) is 6.23. The quantitative estimate of drug-likeness (QED) is 0.289. The second kappa shape index (κ2) is 9.09. The maximum absolute atomic E-state index is 12.0. The zero-order valence-electron chi connectivity index (χ0n) is 17.5. The Balaban J connectivity index is 1.40. The Bertz CT molecular complexity index is 1390. The van der Waals surface area contributed by atoms with Crippen LogP contribution in [0.1, 0.15) is 11.3 Å². The molecule has 6 nitrogen and oxygen atoms in total. The highest BCUT2D eigenvalue weighted by Crippen LogP contribution is 2.34. The Labute approximate surface area is 199 Å². The van der Waals surface area contributed by atoms with E-state index in [0.29, 0.717) is 27.2 Å². The van der Waals surface area contributed by atoms with E-state index < -0.39 is 0 Å². The highest BCUT2D eigenvalue weighted by molar-refractivity contribution is 8.26. The number of thioether (sulfide) groups is 1. The minimum absolute atomic E-state index is 0.217. The van der Waals surface area contributed by atoms with Gasteiger partial charge >= 0.3 is 0 Å². The van der Waals surface area contributed by atoms with E-state index >= 15 is 0 Å². The van der Waals surface area contributed by atoms with Crippen LogP contribution in [-0.4, -0.2) is 22.3 Å². The van der Waals surface area contributed by atoms with E-state index in [9.17, 15) is 4.79 Å². The zero-order chi connectivity index (χ0) is 22.8. The summed E-state index contributed by atoms with van der Waals surface area (Å²) in [7, 11) is 1.64. The van der Waals surface area contributed by atoms with Crippen LogP contribution in [0, 0.1) is 0 Å². The second-order valence-electron chi connectivity index (χ2n) is 7.27. The summed E-state index contributed by atoms with van der Waals surface area (Å²) in [5.41, 5.74) is 3.49. The van der Waals surface area contributed by atoms with E-state index in [4.69, 9.17) is 26.1 Å². The lowest BCUT2D eigenvalue weighted by Crippen LogP contribution is -2.17. The Morgan fingerprint density at radius 1 is 1.12 bits per heavy atom. The van der Waals surface area contributed by atoms with Gasteiger partial charge in [-0.15, -0.1) is 0 Å². The average Bonchev–Trinajstić information content (AvgIpc) is 3.39. The molecule has 2 aromatic heterocycles. The van der Waals surface area contributed by atoms with Crippen LogP contribution in [0.2, 0.25) is 0 Å². The molecule has 4 aromatic rings. The minimum Gasteiger partial charge on any atom is -0.497 e. The number of rotatable bonds is 6. The number of nitrogens with one attached hydrogen (secondary N) is 1. The number of thiocarbonyl (C=S) groups is 1. The molecule has 5 rings (SSSR count). The van der Waals surface area contributed by atoms with E-state index in [1.807, 2.05) is 54.6 Å². The van der Waals surface area contributed by atoms with Gasteiger partial charge in [0.25, 0.3) is 5.91 Å². The molecule has 0 unspecified atom stereocenters. The van der Waals surface area contributed by atoms with Crippen molar-refractivity contribution < 1.29 is 18.7 Å². The van der Waals surface area contributed by atoms with Crippen molar-refractivity contribution in [2.75, 3.05) is 7.11 Å². The maximum atomic E-state index is 12.0. The number of hydrogen-bond donors (Lipinski definition) is 1. The average molecular weight is 475 g/mol. The van der Waals surface area contributed by atoms with Crippen molar-refractivity contribution in [2.45, 2.75) is 6.61 Å². The van der Waals surface area contributed by atoms with Gasteiger partial charge < -0.3 is 19.2 Å². The number of carbonyl (C=O) groups excluding carboxylic acids is 1. The number of benzene rings is 2. The van der Waals surface area contributed by atoms with Crippen molar-refractivity contribution in [1.82, 2.24) is 10.3 Å². The third kappa shape index (κ3) is 4.62. The van der Waals surface area contributed by atoms with Crippen LogP contribution in [-0.2, 0) is 11.4 Å². The summed E-state index contributed by atoms with van der Waals surface area (Å²) in [4.78, 5) is 16.8. The molecule has 33 heavy (non-hydrogen) atoms. The van der Waals surface area contributed by atoms with E-state index in [-0.39, 0.29) is 5.91 Å². The highest BCUT2D eigenvalue weighted by Gasteiger charge is 2.23.